The lowest BCUT2D eigenvalue weighted by molar-refractivity contribution is 1.20. The number of hydrogen-bond acceptors (Lipinski definition) is 1. The third-order valence-electron chi connectivity index (χ3n) is 11.4. The molecule has 0 saturated heterocycles. The van der Waals surface area contributed by atoms with E-state index in [0.717, 1.165) is 22.0 Å². The van der Waals surface area contributed by atoms with Crippen LogP contribution in [-0.4, -0.2) is 9.55 Å². The van der Waals surface area contributed by atoms with E-state index in [1.54, 1.807) is 0 Å². The van der Waals surface area contributed by atoms with Crippen LogP contribution >= 0.6 is 0 Å². The van der Waals surface area contributed by atoms with Crippen molar-refractivity contribution in [3.63, 3.8) is 0 Å². The summed E-state index contributed by atoms with van der Waals surface area (Å²) in [6, 6.07) is 77.1. The third kappa shape index (κ3) is 5.78. The Morgan fingerprint density at radius 3 is 1.46 bits per heavy atom. The fraction of sp³-hybridized carbons (Fsp3) is 0. The van der Waals surface area contributed by atoms with Gasteiger partial charge in [0.15, 0.2) is 0 Å². The van der Waals surface area contributed by atoms with Gasteiger partial charge in [-0.05, 0) is 122 Å². The topological polar surface area (TPSA) is 17.8 Å². The Morgan fingerprint density at radius 2 is 0.789 bits per heavy atom. The van der Waals surface area contributed by atoms with Gasteiger partial charge in [0.1, 0.15) is 0 Å². The van der Waals surface area contributed by atoms with Crippen molar-refractivity contribution < 1.29 is 0 Å². The molecule has 0 radical (unpaired) electrons. The molecule has 0 saturated carbocycles. The second-order valence-corrected chi connectivity index (χ2v) is 14.8. The molecule has 2 heterocycles. The summed E-state index contributed by atoms with van der Waals surface area (Å²) in [5.41, 5.74) is 16.4. The molecule has 2 nitrogen and oxygen atoms in total. The van der Waals surface area contributed by atoms with E-state index in [2.05, 4.69) is 211 Å². The first-order valence-corrected chi connectivity index (χ1v) is 19.5. The molecule has 0 aliphatic carbocycles. The smallest absolute Gasteiger partial charge is 0.0801 e. The summed E-state index contributed by atoms with van der Waals surface area (Å²) in [5.74, 6) is 0. The van der Waals surface area contributed by atoms with Crippen LogP contribution in [-0.2, 0) is 0 Å². The zero-order valence-electron chi connectivity index (χ0n) is 31.2. The van der Waals surface area contributed by atoms with Crippen LogP contribution in [0.25, 0.3) is 105 Å². The molecule has 0 unspecified atom stereocenters. The minimum absolute atomic E-state index is 1.02. The second-order valence-electron chi connectivity index (χ2n) is 14.8. The van der Waals surface area contributed by atoms with E-state index in [1.165, 1.54) is 82.8 Å². The van der Waals surface area contributed by atoms with E-state index >= 15 is 0 Å². The minimum Gasteiger partial charge on any atom is -0.309 e. The van der Waals surface area contributed by atoms with Gasteiger partial charge in [-0.1, -0.05) is 152 Å². The fourth-order valence-corrected chi connectivity index (χ4v) is 8.64. The summed E-state index contributed by atoms with van der Waals surface area (Å²) in [5, 5.41) is 5.92. The first-order chi connectivity index (χ1) is 28.2. The Kier molecular flexibility index (Phi) is 7.86. The number of fused-ring (bicyclic) bond motifs is 6. The van der Waals surface area contributed by atoms with Crippen molar-refractivity contribution in [2.24, 2.45) is 0 Å². The molecule has 0 N–H and O–H groups in total. The zero-order valence-corrected chi connectivity index (χ0v) is 31.2. The molecule has 11 aromatic rings. The highest BCUT2D eigenvalue weighted by atomic mass is 15.0. The quantitative estimate of drug-likeness (QED) is 0.156. The summed E-state index contributed by atoms with van der Waals surface area (Å²) in [4.78, 5) is 4.89. The van der Waals surface area contributed by atoms with Gasteiger partial charge in [0.05, 0.1) is 22.2 Å². The minimum atomic E-state index is 1.02. The lowest BCUT2D eigenvalue weighted by Gasteiger charge is -2.14. The first kappa shape index (κ1) is 32.8. The number of nitrogens with zero attached hydrogens (tertiary/aromatic N) is 2. The highest BCUT2D eigenvalue weighted by molar-refractivity contribution is 6.15. The van der Waals surface area contributed by atoms with Crippen molar-refractivity contribution in [1.82, 2.24) is 9.55 Å². The van der Waals surface area contributed by atoms with Gasteiger partial charge in [-0.2, -0.15) is 0 Å². The van der Waals surface area contributed by atoms with Gasteiger partial charge < -0.3 is 4.57 Å². The van der Waals surface area contributed by atoms with Crippen LogP contribution < -0.4 is 0 Å². The molecule has 0 fully saturated rings. The van der Waals surface area contributed by atoms with Crippen molar-refractivity contribution in [2.75, 3.05) is 0 Å². The van der Waals surface area contributed by atoms with E-state index in [4.69, 9.17) is 4.98 Å². The van der Waals surface area contributed by atoms with Gasteiger partial charge in [-0.25, -0.2) is 0 Å². The van der Waals surface area contributed by atoms with Crippen LogP contribution in [0.3, 0.4) is 0 Å². The van der Waals surface area contributed by atoms with Crippen molar-refractivity contribution in [3.8, 4) is 61.3 Å². The van der Waals surface area contributed by atoms with E-state index in [0.29, 0.717) is 0 Å². The summed E-state index contributed by atoms with van der Waals surface area (Å²) in [6.45, 7) is 0. The summed E-state index contributed by atoms with van der Waals surface area (Å²) in [6.07, 6.45) is 1.90. The number of para-hydroxylation sites is 1. The molecular weight excluding hydrogens is 689 g/mol. The largest absolute Gasteiger partial charge is 0.309 e. The second kappa shape index (κ2) is 13.6. The van der Waals surface area contributed by atoms with Crippen molar-refractivity contribution in [2.45, 2.75) is 0 Å². The van der Waals surface area contributed by atoms with E-state index in [-0.39, 0.29) is 0 Å². The van der Waals surface area contributed by atoms with Crippen LogP contribution in [0.2, 0.25) is 0 Å². The molecule has 0 spiro atoms. The van der Waals surface area contributed by atoms with Gasteiger partial charge in [0.25, 0.3) is 0 Å². The average Bonchev–Trinajstić information content (AvgIpc) is 3.63. The number of rotatable bonds is 6. The van der Waals surface area contributed by atoms with Crippen LogP contribution in [0.15, 0.2) is 219 Å². The maximum absolute atomic E-state index is 4.89. The molecule has 0 amide bonds. The Labute approximate surface area is 331 Å². The molecule has 0 aliphatic heterocycles. The Hall–Kier alpha value is -7.55. The summed E-state index contributed by atoms with van der Waals surface area (Å²) >= 11 is 0. The van der Waals surface area contributed by atoms with E-state index < -0.39 is 0 Å². The van der Waals surface area contributed by atoms with Crippen LogP contribution in [0, 0.1) is 0 Å². The molecule has 57 heavy (non-hydrogen) atoms. The first-order valence-electron chi connectivity index (χ1n) is 19.5. The van der Waals surface area contributed by atoms with Crippen molar-refractivity contribution >= 4 is 43.5 Å². The predicted octanol–water partition coefficient (Wildman–Crippen LogP) is 14.8. The highest BCUT2D eigenvalue weighted by Crippen LogP contribution is 2.40. The Bertz CT molecular complexity index is 3180. The maximum atomic E-state index is 4.89. The van der Waals surface area contributed by atoms with Gasteiger partial charge in [0.2, 0.25) is 0 Å². The van der Waals surface area contributed by atoms with Crippen molar-refractivity contribution in [3.05, 3.63) is 219 Å². The summed E-state index contributed by atoms with van der Waals surface area (Å²) in [7, 11) is 0. The van der Waals surface area contributed by atoms with Crippen LogP contribution in [0.1, 0.15) is 0 Å². The number of hydrogen-bond donors (Lipinski definition) is 0. The molecule has 266 valence electrons. The molecule has 11 rings (SSSR count). The van der Waals surface area contributed by atoms with Crippen molar-refractivity contribution in [1.29, 1.82) is 0 Å². The standard InChI is InChI=1S/C55H36N2/c1-3-13-37(14-4-1)41-18-9-20-43(31-41)46-33-47(44-21-10-19-42(32-44)38-15-5-2-6-16-38)35-48(34-46)45-28-29-52-50(36-45)49-23-7-8-24-51(49)57(52)53-25-11-17-39-26-27-40-22-12-30-56-55(40)54(39)53/h1-36H. The fourth-order valence-electron chi connectivity index (χ4n) is 8.64. The molecule has 0 bridgehead atoms. The zero-order chi connectivity index (χ0) is 37.7. The molecular formula is C55H36N2. The van der Waals surface area contributed by atoms with Gasteiger partial charge in [0, 0.05) is 27.7 Å². The number of pyridine rings is 1. The van der Waals surface area contributed by atoms with Gasteiger partial charge >= 0.3 is 0 Å². The molecule has 2 aromatic heterocycles. The molecule has 9 aromatic carbocycles. The lowest BCUT2D eigenvalue weighted by atomic mass is 9.91. The van der Waals surface area contributed by atoms with Gasteiger partial charge in [-0.15, -0.1) is 0 Å². The molecule has 0 aliphatic rings. The SMILES string of the molecule is c1ccc(-c2cccc(-c3cc(-c4cccc(-c5ccccc5)c4)cc(-c4ccc5c(c4)c4ccccc4n5-c4cccc5ccc6cccnc6c45)c3)c2)cc1. The summed E-state index contributed by atoms with van der Waals surface area (Å²) < 4.78 is 2.43. The third-order valence-corrected chi connectivity index (χ3v) is 11.4. The van der Waals surface area contributed by atoms with Gasteiger partial charge in [-0.3, -0.25) is 4.98 Å². The monoisotopic (exact) mass is 724 g/mol. The predicted molar refractivity (Wildman–Crippen MR) is 241 cm³/mol. The highest BCUT2D eigenvalue weighted by Gasteiger charge is 2.17. The van der Waals surface area contributed by atoms with E-state index in [9.17, 15) is 0 Å². The maximum Gasteiger partial charge on any atom is 0.0801 e. The molecule has 2 heteroatoms. The Balaban J connectivity index is 1.12. The van der Waals surface area contributed by atoms with Crippen LogP contribution in [0.4, 0.5) is 0 Å². The lowest BCUT2D eigenvalue weighted by Crippen LogP contribution is -1.96. The average molecular weight is 725 g/mol. The normalized spacial score (nSPS) is 11.5. The van der Waals surface area contributed by atoms with E-state index in [1.807, 2.05) is 12.3 Å². The number of benzene rings is 9. The number of aromatic nitrogens is 2. The molecule has 0 atom stereocenters. The Morgan fingerprint density at radius 1 is 0.298 bits per heavy atom. The van der Waals surface area contributed by atoms with Crippen LogP contribution in [0.5, 0.6) is 0 Å².